The highest BCUT2D eigenvalue weighted by Crippen LogP contribution is 2.37. The van der Waals surface area contributed by atoms with Crippen molar-refractivity contribution < 1.29 is 14.3 Å². The number of carbonyl (C=O) groups excluding carboxylic acids is 2. The molecule has 0 saturated heterocycles. The second-order valence-corrected chi connectivity index (χ2v) is 7.51. The molecule has 0 saturated carbocycles. The summed E-state index contributed by atoms with van der Waals surface area (Å²) in [5, 5.41) is 0. The average molecular weight is 381 g/mol. The molecule has 0 aromatic heterocycles. The molecule has 3 rings (SSSR count). The fourth-order valence-electron chi connectivity index (χ4n) is 2.93. The highest BCUT2D eigenvalue weighted by molar-refractivity contribution is 8.03. The largest absolute Gasteiger partial charge is 0.491 e. The maximum absolute atomic E-state index is 12.8. The maximum Gasteiger partial charge on any atom is 0.267 e. The maximum atomic E-state index is 12.8. The lowest BCUT2D eigenvalue weighted by Gasteiger charge is -2.12. The Labute approximate surface area is 164 Å². The number of benzene rings is 2. The molecule has 2 amide bonds. The summed E-state index contributed by atoms with van der Waals surface area (Å²) in [6.45, 7) is 6.11. The van der Waals surface area contributed by atoms with Crippen LogP contribution in [0, 0.1) is 0 Å². The molecule has 2 aromatic carbocycles. The second-order valence-electron chi connectivity index (χ2n) is 6.52. The third kappa shape index (κ3) is 4.25. The predicted octanol–water partition coefficient (Wildman–Crippen LogP) is 4.51. The van der Waals surface area contributed by atoms with Crippen molar-refractivity contribution in [3.8, 4) is 5.75 Å². The summed E-state index contributed by atoms with van der Waals surface area (Å²) in [5.74, 6) is 0.957. The lowest BCUT2D eigenvalue weighted by molar-refractivity contribution is -0.136. The number of likely N-dealkylation sites (N-methyl/N-ethyl adjacent to an activating group) is 1. The molecular weight excluding hydrogens is 358 g/mol. The molecule has 0 fully saturated rings. The fourth-order valence-corrected chi connectivity index (χ4v) is 4.02. The highest BCUT2D eigenvalue weighted by Gasteiger charge is 2.38. The van der Waals surface area contributed by atoms with Gasteiger partial charge in [0, 0.05) is 12.3 Å². The van der Waals surface area contributed by atoms with Crippen molar-refractivity contribution in [2.75, 3.05) is 6.54 Å². The topological polar surface area (TPSA) is 46.6 Å². The van der Waals surface area contributed by atoms with Gasteiger partial charge in [-0.2, -0.15) is 0 Å². The summed E-state index contributed by atoms with van der Waals surface area (Å²) in [6.07, 6.45) is 0.0809. The van der Waals surface area contributed by atoms with Crippen LogP contribution < -0.4 is 4.74 Å². The second kappa shape index (κ2) is 8.44. The molecule has 0 bridgehead atoms. The number of imide groups is 1. The zero-order chi connectivity index (χ0) is 19.4. The van der Waals surface area contributed by atoms with Gasteiger partial charge in [-0.15, -0.1) is 11.8 Å². The SMILES string of the molecule is CCN1C(=O)C(SCc2ccccc2)=C(c2ccc(OC(C)C)cc2)C1=O. The van der Waals surface area contributed by atoms with E-state index in [2.05, 4.69) is 0 Å². The number of hydrogen-bond donors (Lipinski definition) is 0. The minimum Gasteiger partial charge on any atom is -0.491 e. The Morgan fingerprint density at radius 1 is 0.963 bits per heavy atom. The monoisotopic (exact) mass is 381 g/mol. The summed E-state index contributed by atoms with van der Waals surface area (Å²) < 4.78 is 5.67. The number of nitrogens with zero attached hydrogens (tertiary/aromatic N) is 1. The highest BCUT2D eigenvalue weighted by atomic mass is 32.2. The van der Waals surface area contributed by atoms with E-state index >= 15 is 0 Å². The molecule has 0 N–H and O–H groups in total. The molecule has 0 atom stereocenters. The van der Waals surface area contributed by atoms with Gasteiger partial charge in [0.05, 0.1) is 16.6 Å². The van der Waals surface area contributed by atoms with Crippen LogP contribution in [0.25, 0.3) is 5.57 Å². The standard InChI is InChI=1S/C22H23NO3S/c1-4-23-21(24)19(17-10-12-18(13-11-17)26-15(2)3)20(22(23)25)27-14-16-8-6-5-7-9-16/h5-13,15H,4,14H2,1-3H3. The predicted molar refractivity (Wildman–Crippen MR) is 109 cm³/mol. The first-order chi connectivity index (χ1) is 13.0. The summed E-state index contributed by atoms with van der Waals surface area (Å²) in [4.78, 5) is 27.4. The van der Waals surface area contributed by atoms with E-state index in [4.69, 9.17) is 4.74 Å². The molecule has 0 aliphatic carbocycles. The van der Waals surface area contributed by atoms with Crippen LogP contribution in [-0.2, 0) is 15.3 Å². The lowest BCUT2D eigenvalue weighted by atomic mass is 10.1. The smallest absolute Gasteiger partial charge is 0.267 e. The summed E-state index contributed by atoms with van der Waals surface area (Å²) in [5.41, 5.74) is 2.35. The van der Waals surface area contributed by atoms with Gasteiger partial charge in [0.1, 0.15) is 5.75 Å². The summed E-state index contributed by atoms with van der Waals surface area (Å²) in [6, 6.07) is 17.3. The van der Waals surface area contributed by atoms with Crippen LogP contribution in [0.3, 0.4) is 0 Å². The van der Waals surface area contributed by atoms with Crippen LogP contribution >= 0.6 is 11.8 Å². The first kappa shape index (κ1) is 19.2. The van der Waals surface area contributed by atoms with Gasteiger partial charge in [-0.1, -0.05) is 42.5 Å². The van der Waals surface area contributed by atoms with Gasteiger partial charge < -0.3 is 4.74 Å². The quantitative estimate of drug-likeness (QED) is 0.662. The lowest BCUT2D eigenvalue weighted by Crippen LogP contribution is -2.31. The Balaban J connectivity index is 1.91. The van der Waals surface area contributed by atoms with Crippen LogP contribution in [0.1, 0.15) is 31.9 Å². The van der Waals surface area contributed by atoms with Crippen molar-refractivity contribution >= 4 is 29.1 Å². The van der Waals surface area contributed by atoms with Gasteiger partial charge in [0.2, 0.25) is 0 Å². The first-order valence-electron chi connectivity index (χ1n) is 9.05. The fraction of sp³-hybridized carbons (Fsp3) is 0.273. The molecule has 27 heavy (non-hydrogen) atoms. The van der Waals surface area contributed by atoms with Crippen LogP contribution in [-0.4, -0.2) is 29.4 Å². The number of ether oxygens (including phenoxy) is 1. The minimum absolute atomic E-state index is 0.0809. The number of rotatable bonds is 7. The molecule has 0 spiro atoms. The molecule has 2 aromatic rings. The van der Waals surface area contributed by atoms with Crippen molar-refractivity contribution in [3.63, 3.8) is 0 Å². The molecule has 1 heterocycles. The van der Waals surface area contributed by atoms with Crippen molar-refractivity contribution in [1.82, 2.24) is 4.90 Å². The van der Waals surface area contributed by atoms with Crippen LogP contribution in [0.15, 0.2) is 59.5 Å². The summed E-state index contributed by atoms with van der Waals surface area (Å²) in [7, 11) is 0. The molecule has 140 valence electrons. The third-order valence-electron chi connectivity index (χ3n) is 4.18. The van der Waals surface area contributed by atoms with E-state index in [1.54, 1.807) is 0 Å². The third-order valence-corrected chi connectivity index (χ3v) is 5.33. The first-order valence-corrected chi connectivity index (χ1v) is 10.0. The van der Waals surface area contributed by atoms with Gasteiger partial charge >= 0.3 is 0 Å². The van der Waals surface area contributed by atoms with Gasteiger partial charge in [0.15, 0.2) is 0 Å². The molecule has 1 aliphatic heterocycles. The van der Waals surface area contributed by atoms with E-state index < -0.39 is 0 Å². The Kier molecular flexibility index (Phi) is 6.01. The molecule has 4 nitrogen and oxygen atoms in total. The van der Waals surface area contributed by atoms with Crippen LogP contribution in [0.2, 0.25) is 0 Å². The van der Waals surface area contributed by atoms with Crippen molar-refractivity contribution in [2.45, 2.75) is 32.6 Å². The number of hydrogen-bond acceptors (Lipinski definition) is 4. The van der Waals surface area contributed by atoms with E-state index in [0.717, 1.165) is 16.9 Å². The minimum atomic E-state index is -0.226. The Morgan fingerprint density at radius 2 is 1.63 bits per heavy atom. The van der Waals surface area contributed by atoms with Crippen molar-refractivity contribution in [1.29, 1.82) is 0 Å². The van der Waals surface area contributed by atoms with Crippen molar-refractivity contribution in [3.05, 3.63) is 70.6 Å². The number of amides is 2. The van der Waals surface area contributed by atoms with E-state index in [9.17, 15) is 9.59 Å². The van der Waals surface area contributed by atoms with E-state index in [1.807, 2.05) is 75.4 Å². The average Bonchev–Trinajstić information content (AvgIpc) is 2.90. The van der Waals surface area contributed by atoms with E-state index in [0.29, 0.717) is 22.8 Å². The zero-order valence-corrected chi connectivity index (χ0v) is 16.6. The number of thioether (sulfide) groups is 1. The zero-order valence-electron chi connectivity index (χ0n) is 15.8. The van der Waals surface area contributed by atoms with E-state index in [1.165, 1.54) is 16.7 Å². The normalized spacial score (nSPS) is 14.4. The van der Waals surface area contributed by atoms with Crippen LogP contribution in [0.4, 0.5) is 0 Å². The van der Waals surface area contributed by atoms with Gasteiger partial charge in [-0.05, 0) is 44.0 Å². The molecule has 0 unspecified atom stereocenters. The Hall–Kier alpha value is -2.53. The molecule has 5 heteroatoms. The Bertz CT molecular complexity index is 857. The van der Waals surface area contributed by atoms with Gasteiger partial charge in [-0.25, -0.2) is 0 Å². The van der Waals surface area contributed by atoms with Crippen molar-refractivity contribution in [2.24, 2.45) is 0 Å². The van der Waals surface area contributed by atoms with Gasteiger partial charge in [-0.3, -0.25) is 14.5 Å². The molecule has 0 radical (unpaired) electrons. The Morgan fingerprint density at radius 3 is 2.22 bits per heavy atom. The van der Waals surface area contributed by atoms with Crippen LogP contribution in [0.5, 0.6) is 5.75 Å². The molecule has 1 aliphatic rings. The van der Waals surface area contributed by atoms with E-state index in [-0.39, 0.29) is 17.9 Å². The molecular formula is C22H23NO3S. The van der Waals surface area contributed by atoms with Gasteiger partial charge in [0.25, 0.3) is 11.8 Å². The summed E-state index contributed by atoms with van der Waals surface area (Å²) >= 11 is 1.42. The number of carbonyl (C=O) groups is 2.